The van der Waals surface area contributed by atoms with Crippen molar-refractivity contribution in [2.75, 3.05) is 18.0 Å². The van der Waals surface area contributed by atoms with Crippen LogP contribution in [0, 0.1) is 6.92 Å². The zero-order chi connectivity index (χ0) is 16.6. The number of hydrogen-bond acceptors (Lipinski definition) is 5. The minimum atomic E-state index is -4.51. The van der Waals surface area contributed by atoms with Crippen LogP contribution in [0.3, 0.4) is 0 Å². The van der Waals surface area contributed by atoms with Crippen LogP contribution in [0.25, 0.3) is 11.3 Å². The summed E-state index contributed by atoms with van der Waals surface area (Å²) in [7, 11) is 0. The Labute approximate surface area is 130 Å². The molecule has 0 radical (unpaired) electrons. The van der Waals surface area contributed by atoms with Crippen LogP contribution in [0.2, 0.25) is 0 Å². The van der Waals surface area contributed by atoms with E-state index in [4.69, 9.17) is 0 Å². The number of alkyl halides is 3. The van der Waals surface area contributed by atoms with Crippen molar-refractivity contribution in [2.24, 2.45) is 0 Å². The molecular formula is C15H15F3N4O. The highest BCUT2D eigenvalue weighted by Crippen LogP contribution is 2.36. The second kappa shape index (κ2) is 5.68. The molecule has 0 amide bonds. The lowest BCUT2D eigenvalue weighted by molar-refractivity contribution is -0.137. The first-order chi connectivity index (χ1) is 10.9. The Bertz CT molecular complexity index is 727. The van der Waals surface area contributed by atoms with Gasteiger partial charge in [0.05, 0.1) is 11.3 Å². The largest absolute Gasteiger partial charge is 0.507 e. The molecule has 2 aromatic rings. The molecule has 1 aliphatic rings. The van der Waals surface area contributed by atoms with E-state index in [1.807, 2.05) is 4.90 Å². The highest BCUT2D eigenvalue weighted by molar-refractivity contribution is 5.69. The summed E-state index contributed by atoms with van der Waals surface area (Å²) in [6.45, 7) is 3.43. The van der Waals surface area contributed by atoms with E-state index in [1.165, 1.54) is 6.07 Å². The summed E-state index contributed by atoms with van der Waals surface area (Å²) in [4.78, 5) is 6.37. The molecule has 1 aromatic heterocycles. The number of nitrogens with zero attached hydrogens (tertiary/aromatic N) is 4. The number of phenols is 1. The van der Waals surface area contributed by atoms with Crippen LogP contribution in [0.15, 0.2) is 18.2 Å². The third-order valence-corrected chi connectivity index (χ3v) is 3.82. The summed E-state index contributed by atoms with van der Waals surface area (Å²) in [5.41, 5.74) is 0.0608. The quantitative estimate of drug-likeness (QED) is 0.919. The molecule has 122 valence electrons. The maximum absolute atomic E-state index is 12.7. The van der Waals surface area contributed by atoms with Gasteiger partial charge in [0, 0.05) is 18.7 Å². The maximum atomic E-state index is 12.7. The van der Waals surface area contributed by atoms with Crippen molar-refractivity contribution in [1.82, 2.24) is 15.2 Å². The van der Waals surface area contributed by atoms with Gasteiger partial charge in [-0.05, 0) is 38.0 Å². The van der Waals surface area contributed by atoms with Crippen molar-refractivity contribution in [3.8, 4) is 17.0 Å². The summed E-state index contributed by atoms with van der Waals surface area (Å²) in [6, 6.07) is 2.78. The zero-order valence-corrected chi connectivity index (χ0v) is 12.4. The summed E-state index contributed by atoms with van der Waals surface area (Å²) in [5.74, 6) is 0.0168. The fraction of sp³-hybridized carbons (Fsp3) is 0.400. The monoisotopic (exact) mass is 324 g/mol. The number of halogens is 3. The van der Waals surface area contributed by atoms with E-state index in [0.29, 0.717) is 17.7 Å². The third kappa shape index (κ3) is 3.06. The Kier molecular flexibility index (Phi) is 3.83. The number of rotatable bonds is 2. The first-order valence-electron chi connectivity index (χ1n) is 7.23. The molecule has 0 bridgehead atoms. The number of aromatic nitrogens is 3. The van der Waals surface area contributed by atoms with Gasteiger partial charge in [0.2, 0.25) is 5.95 Å². The van der Waals surface area contributed by atoms with Gasteiger partial charge in [-0.15, -0.1) is 10.2 Å². The van der Waals surface area contributed by atoms with E-state index in [2.05, 4.69) is 15.2 Å². The molecule has 1 saturated heterocycles. The van der Waals surface area contributed by atoms with Crippen molar-refractivity contribution in [3.63, 3.8) is 0 Å². The molecule has 0 saturated carbocycles. The molecule has 1 N–H and O–H groups in total. The molecule has 0 aliphatic carbocycles. The molecule has 5 nitrogen and oxygen atoms in total. The topological polar surface area (TPSA) is 62.1 Å². The smallest absolute Gasteiger partial charge is 0.416 e. The van der Waals surface area contributed by atoms with Crippen molar-refractivity contribution >= 4 is 5.95 Å². The molecule has 8 heteroatoms. The molecule has 2 heterocycles. The van der Waals surface area contributed by atoms with Gasteiger partial charge in [0.25, 0.3) is 0 Å². The van der Waals surface area contributed by atoms with Gasteiger partial charge in [-0.25, -0.2) is 4.98 Å². The van der Waals surface area contributed by atoms with Gasteiger partial charge in [-0.3, -0.25) is 0 Å². The van der Waals surface area contributed by atoms with E-state index < -0.39 is 17.5 Å². The third-order valence-electron chi connectivity index (χ3n) is 3.82. The molecule has 1 aliphatic heterocycles. The van der Waals surface area contributed by atoms with Gasteiger partial charge in [0.15, 0.2) is 0 Å². The SMILES string of the molecule is Cc1nc(N2CCCC2)nnc1-c1ccc(C(F)(F)F)cc1O. The van der Waals surface area contributed by atoms with Gasteiger partial charge < -0.3 is 10.0 Å². The Hall–Kier alpha value is -2.38. The molecule has 1 aromatic carbocycles. The Morgan fingerprint density at radius 1 is 1.13 bits per heavy atom. The van der Waals surface area contributed by atoms with Crippen LogP contribution in [-0.4, -0.2) is 33.4 Å². The Balaban J connectivity index is 1.95. The average Bonchev–Trinajstić information content (AvgIpc) is 3.01. The van der Waals surface area contributed by atoms with Crippen molar-refractivity contribution < 1.29 is 18.3 Å². The van der Waals surface area contributed by atoms with Gasteiger partial charge >= 0.3 is 6.18 Å². The van der Waals surface area contributed by atoms with Gasteiger partial charge in [-0.1, -0.05) is 0 Å². The highest BCUT2D eigenvalue weighted by atomic mass is 19.4. The lowest BCUT2D eigenvalue weighted by Gasteiger charge is -2.16. The van der Waals surface area contributed by atoms with Gasteiger partial charge in [-0.2, -0.15) is 13.2 Å². The predicted molar refractivity (Wildman–Crippen MR) is 78.1 cm³/mol. The molecule has 0 spiro atoms. The predicted octanol–water partition coefficient (Wildman–Crippen LogP) is 3.17. The van der Waals surface area contributed by atoms with Crippen molar-refractivity contribution in [2.45, 2.75) is 25.9 Å². The Morgan fingerprint density at radius 2 is 1.83 bits per heavy atom. The van der Waals surface area contributed by atoms with Crippen LogP contribution in [0.1, 0.15) is 24.1 Å². The minimum absolute atomic E-state index is 0.184. The van der Waals surface area contributed by atoms with Crippen LogP contribution in [0.4, 0.5) is 19.1 Å². The molecule has 23 heavy (non-hydrogen) atoms. The first-order valence-corrected chi connectivity index (χ1v) is 7.23. The fourth-order valence-corrected chi connectivity index (χ4v) is 2.60. The second-order valence-corrected chi connectivity index (χ2v) is 5.47. The minimum Gasteiger partial charge on any atom is -0.507 e. The number of aryl methyl sites for hydroxylation is 1. The van der Waals surface area contributed by atoms with Crippen molar-refractivity contribution in [3.05, 3.63) is 29.5 Å². The van der Waals surface area contributed by atoms with Crippen molar-refractivity contribution in [1.29, 1.82) is 0 Å². The summed E-state index contributed by atoms with van der Waals surface area (Å²) in [6.07, 6.45) is -2.36. The summed E-state index contributed by atoms with van der Waals surface area (Å²) >= 11 is 0. The van der Waals surface area contributed by atoms with E-state index in [1.54, 1.807) is 6.92 Å². The summed E-state index contributed by atoms with van der Waals surface area (Å²) in [5, 5.41) is 18.0. The Morgan fingerprint density at radius 3 is 2.39 bits per heavy atom. The zero-order valence-electron chi connectivity index (χ0n) is 12.4. The molecule has 0 atom stereocenters. The van der Waals surface area contributed by atoms with Gasteiger partial charge in [0.1, 0.15) is 11.4 Å². The van der Waals surface area contributed by atoms with E-state index in [9.17, 15) is 18.3 Å². The summed E-state index contributed by atoms with van der Waals surface area (Å²) < 4.78 is 38.0. The highest BCUT2D eigenvalue weighted by Gasteiger charge is 2.31. The number of phenolic OH excluding ortho intramolecular Hbond substituents is 1. The lowest BCUT2D eigenvalue weighted by atomic mass is 10.1. The average molecular weight is 324 g/mol. The van der Waals surface area contributed by atoms with Crippen LogP contribution in [0.5, 0.6) is 5.75 Å². The molecule has 1 fully saturated rings. The lowest BCUT2D eigenvalue weighted by Crippen LogP contribution is -2.21. The van der Waals surface area contributed by atoms with E-state index in [0.717, 1.165) is 32.0 Å². The normalized spacial score (nSPS) is 15.2. The number of benzene rings is 1. The number of hydrogen-bond donors (Lipinski definition) is 1. The second-order valence-electron chi connectivity index (χ2n) is 5.47. The molecule has 3 rings (SSSR count). The van der Waals surface area contributed by atoms with E-state index in [-0.39, 0.29) is 11.3 Å². The van der Waals surface area contributed by atoms with E-state index >= 15 is 0 Å². The van der Waals surface area contributed by atoms with Crippen LogP contribution < -0.4 is 4.90 Å². The van der Waals surface area contributed by atoms with Crippen LogP contribution in [-0.2, 0) is 6.18 Å². The number of aromatic hydroxyl groups is 1. The first kappa shape index (κ1) is 15.5. The maximum Gasteiger partial charge on any atom is 0.416 e. The molecule has 0 unspecified atom stereocenters. The van der Waals surface area contributed by atoms with Crippen LogP contribution >= 0.6 is 0 Å². The molecular weight excluding hydrogens is 309 g/mol. The fourth-order valence-electron chi connectivity index (χ4n) is 2.60. The standard InChI is InChI=1S/C15H15F3N4O/c1-9-13(20-21-14(19-9)22-6-2-3-7-22)11-5-4-10(8-12(11)23)15(16,17)18/h4-5,8,23H,2-3,6-7H2,1H3. The number of anilines is 1.